The molecule has 2 saturated heterocycles. The molecule has 3 aliphatic heterocycles. The van der Waals surface area contributed by atoms with Gasteiger partial charge in [0.15, 0.2) is 0 Å². The number of aliphatic hydroxyl groups is 2. The average molecular weight is 606 g/mol. The Bertz CT molecular complexity index is 1020. The lowest BCUT2D eigenvalue weighted by Gasteiger charge is -2.33. The van der Waals surface area contributed by atoms with Crippen molar-refractivity contribution < 1.29 is 38.8 Å². The molecule has 43 heavy (non-hydrogen) atoms. The van der Waals surface area contributed by atoms with E-state index in [0.29, 0.717) is 45.4 Å². The molecule has 1 unspecified atom stereocenters. The van der Waals surface area contributed by atoms with E-state index in [9.17, 15) is 24.6 Å². The fraction of sp³-hybridized carbons (Fsp3) is 0.719. The van der Waals surface area contributed by atoms with Crippen LogP contribution >= 0.6 is 0 Å². The van der Waals surface area contributed by atoms with E-state index in [2.05, 4.69) is 4.90 Å². The summed E-state index contributed by atoms with van der Waals surface area (Å²) in [5.74, 6) is -0.789. The first kappa shape index (κ1) is 34.6. The Kier molecular flexibility index (Phi) is 13.5. The number of likely N-dealkylation sites (tertiary alicyclic amines) is 1. The van der Waals surface area contributed by atoms with Gasteiger partial charge in [0.2, 0.25) is 0 Å². The van der Waals surface area contributed by atoms with Crippen LogP contribution in [0.2, 0.25) is 0 Å². The summed E-state index contributed by atoms with van der Waals surface area (Å²) in [6.45, 7) is 11.6. The predicted molar refractivity (Wildman–Crippen MR) is 162 cm³/mol. The van der Waals surface area contributed by atoms with Gasteiger partial charge in [0, 0.05) is 51.1 Å². The van der Waals surface area contributed by atoms with Gasteiger partial charge in [-0.25, -0.2) is 9.59 Å². The molecule has 0 aromatic carbocycles. The van der Waals surface area contributed by atoms with Crippen molar-refractivity contribution in [2.45, 2.75) is 77.8 Å². The maximum absolute atomic E-state index is 13.0. The van der Waals surface area contributed by atoms with Crippen molar-refractivity contribution >= 4 is 18.2 Å². The number of aliphatic hydroxyl groups excluding tert-OH is 2. The van der Waals surface area contributed by atoms with Crippen LogP contribution in [0.3, 0.4) is 0 Å². The molecule has 242 valence electrons. The van der Waals surface area contributed by atoms with Crippen LogP contribution in [0.1, 0.15) is 53.4 Å². The van der Waals surface area contributed by atoms with E-state index in [1.165, 1.54) is 4.90 Å². The van der Waals surface area contributed by atoms with Gasteiger partial charge < -0.3 is 39.1 Å². The first-order chi connectivity index (χ1) is 20.4. The second-order valence-electron chi connectivity index (χ2n) is 12.4. The molecule has 0 radical (unpaired) electrons. The van der Waals surface area contributed by atoms with Gasteiger partial charge in [-0.05, 0) is 50.8 Å². The van der Waals surface area contributed by atoms with Crippen molar-refractivity contribution in [2.75, 3.05) is 52.9 Å². The average Bonchev–Trinajstić information content (AvgIpc) is 3.41. The Morgan fingerprint density at radius 1 is 1.02 bits per heavy atom. The number of cyclic esters (lactones) is 1. The zero-order valence-corrected chi connectivity index (χ0v) is 26.4. The van der Waals surface area contributed by atoms with E-state index >= 15 is 0 Å². The monoisotopic (exact) mass is 605 g/mol. The summed E-state index contributed by atoms with van der Waals surface area (Å²) in [7, 11) is 2.03. The van der Waals surface area contributed by atoms with Crippen LogP contribution in [0.15, 0.2) is 36.0 Å². The van der Waals surface area contributed by atoms with E-state index in [4.69, 9.17) is 14.2 Å². The molecular weight excluding hydrogens is 554 g/mol. The van der Waals surface area contributed by atoms with Gasteiger partial charge in [-0.15, -0.1) is 0 Å². The lowest BCUT2D eigenvalue weighted by Crippen LogP contribution is -2.48. The molecule has 3 rings (SSSR count). The molecule has 2 fully saturated rings. The zero-order valence-electron chi connectivity index (χ0n) is 26.4. The van der Waals surface area contributed by atoms with Crippen LogP contribution in [0.5, 0.6) is 0 Å². The van der Waals surface area contributed by atoms with Crippen molar-refractivity contribution in [1.29, 1.82) is 0 Å². The highest BCUT2D eigenvalue weighted by molar-refractivity contribution is 5.70. The number of rotatable bonds is 6. The number of esters is 1. The van der Waals surface area contributed by atoms with Crippen LogP contribution in [0.4, 0.5) is 9.59 Å². The number of hydrogen-bond donors (Lipinski definition) is 2. The summed E-state index contributed by atoms with van der Waals surface area (Å²) in [5, 5.41) is 20.1. The number of hydrogen-bond acceptors (Lipinski definition) is 9. The van der Waals surface area contributed by atoms with Crippen LogP contribution in [0.25, 0.3) is 0 Å². The summed E-state index contributed by atoms with van der Waals surface area (Å²) in [6.07, 6.45) is 7.74. The lowest BCUT2D eigenvalue weighted by molar-refractivity contribution is -0.151. The topological polar surface area (TPSA) is 129 Å². The van der Waals surface area contributed by atoms with Gasteiger partial charge in [0.05, 0.1) is 25.2 Å². The maximum atomic E-state index is 13.0. The molecule has 11 nitrogen and oxygen atoms in total. The molecule has 0 aromatic rings. The molecule has 0 aliphatic carbocycles. The number of carbonyl (C=O) groups excluding carboxylic acids is 3. The fourth-order valence-corrected chi connectivity index (χ4v) is 5.38. The third kappa shape index (κ3) is 11.3. The minimum absolute atomic E-state index is 0.0471. The van der Waals surface area contributed by atoms with E-state index in [1.54, 1.807) is 4.90 Å². The third-order valence-electron chi connectivity index (χ3n) is 8.40. The Labute approximate surface area is 256 Å². The SMILES string of the molecule is C/C(=C\C=C\C(C)COC(=O)N1CC[C@@H](O)C1)[C@H]1OC(=O)C[C@@H](O)CC[C@@H](C)[C@@H](OC(=O)N2CCN(C)CC2)/C=C/[C@@H]1C. The predicted octanol–water partition coefficient (Wildman–Crippen LogP) is 3.37. The number of β-amino-alcohol motifs (C(OH)–C–C–N with tert-alkyl or cyclic N) is 1. The van der Waals surface area contributed by atoms with E-state index in [1.807, 2.05) is 65.1 Å². The van der Waals surface area contributed by atoms with Gasteiger partial charge in [0.25, 0.3) is 0 Å². The van der Waals surface area contributed by atoms with Gasteiger partial charge in [-0.3, -0.25) is 4.79 Å². The smallest absolute Gasteiger partial charge is 0.410 e. The number of piperazine rings is 1. The maximum Gasteiger partial charge on any atom is 0.410 e. The first-order valence-corrected chi connectivity index (χ1v) is 15.6. The van der Waals surface area contributed by atoms with Crippen LogP contribution in [-0.2, 0) is 19.0 Å². The van der Waals surface area contributed by atoms with Gasteiger partial charge >= 0.3 is 18.2 Å². The Hall–Kier alpha value is -2.89. The van der Waals surface area contributed by atoms with Crippen molar-refractivity contribution in [3.05, 3.63) is 36.0 Å². The van der Waals surface area contributed by atoms with Crippen LogP contribution in [-0.4, -0.2) is 120 Å². The summed E-state index contributed by atoms with van der Waals surface area (Å²) in [5.41, 5.74) is 0.808. The molecule has 0 spiro atoms. The zero-order chi connectivity index (χ0) is 31.5. The fourth-order valence-electron chi connectivity index (χ4n) is 5.38. The number of carbonyl (C=O) groups is 3. The minimum atomic E-state index is -0.847. The van der Waals surface area contributed by atoms with E-state index in [-0.39, 0.29) is 36.9 Å². The molecule has 0 aromatic heterocycles. The Morgan fingerprint density at radius 2 is 1.74 bits per heavy atom. The normalized spacial score (nSPS) is 31.6. The minimum Gasteiger partial charge on any atom is -0.457 e. The van der Waals surface area contributed by atoms with E-state index < -0.39 is 36.5 Å². The lowest BCUT2D eigenvalue weighted by atomic mass is 9.92. The molecule has 2 N–H and O–H groups in total. The van der Waals surface area contributed by atoms with Crippen molar-refractivity contribution in [3.8, 4) is 0 Å². The second kappa shape index (κ2) is 16.8. The van der Waals surface area contributed by atoms with Gasteiger partial charge in [0.1, 0.15) is 12.2 Å². The quantitative estimate of drug-likeness (QED) is 0.203. The molecular formula is C32H51N3O8. The summed E-state index contributed by atoms with van der Waals surface area (Å²) in [6, 6.07) is 0. The number of amides is 2. The van der Waals surface area contributed by atoms with Crippen molar-refractivity contribution in [2.24, 2.45) is 17.8 Å². The molecule has 2 amide bonds. The van der Waals surface area contributed by atoms with Gasteiger partial charge in [-0.2, -0.15) is 0 Å². The Balaban J connectivity index is 1.66. The molecule has 11 heteroatoms. The second-order valence-corrected chi connectivity index (χ2v) is 12.4. The van der Waals surface area contributed by atoms with Crippen molar-refractivity contribution in [1.82, 2.24) is 14.7 Å². The highest BCUT2D eigenvalue weighted by Crippen LogP contribution is 2.25. The Morgan fingerprint density at radius 3 is 2.42 bits per heavy atom. The van der Waals surface area contributed by atoms with E-state index in [0.717, 1.165) is 18.7 Å². The van der Waals surface area contributed by atoms with Gasteiger partial charge in [-0.1, -0.05) is 45.1 Å². The summed E-state index contributed by atoms with van der Waals surface area (Å²) >= 11 is 0. The molecule has 0 bridgehead atoms. The van der Waals surface area contributed by atoms with Crippen molar-refractivity contribution in [3.63, 3.8) is 0 Å². The highest BCUT2D eigenvalue weighted by Gasteiger charge is 2.29. The van der Waals surface area contributed by atoms with Crippen LogP contribution < -0.4 is 0 Å². The molecule has 0 saturated carbocycles. The number of nitrogens with zero attached hydrogens (tertiary/aromatic N) is 3. The third-order valence-corrected chi connectivity index (χ3v) is 8.40. The number of likely N-dealkylation sites (N-methyl/N-ethyl adjacent to an activating group) is 1. The number of ether oxygens (including phenoxy) is 3. The summed E-state index contributed by atoms with van der Waals surface area (Å²) in [4.78, 5) is 43.3. The molecule has 7 atom stereocenters. The first-order valence-electron chi connectivity index (χ1n) is 15.6. The largest absolute Gasteiger partial charge is 0.457 e. The highest BCUT2D eigenvalue weighted by atomic mass is 16.6. The number of allylic oxidation sites excluding steroid dienone is 2. The summed E-state index contributed by atoms with van der Waals surface area (Å²) < 4.78 is 17.2. The standard InChI is InChI=1S/C32H51N3O8/c1-22(21-41-31(39)35-14-13-27(37)20-35)7-6-8-24(3)30-25(4)10-12-28(23(2)9-11-26(36)19-29(38)43-30)42-32(40)34-17-15-33(5)16-18-34/h6-8,10,12,22-23,25-28,30,36-37H,9,11,13-21H2,1-5H3/b7-6+,12-10+,24-8+/t22?,23-,25+,26+,27-,28+,30-/m1/s1. The molecule has 3 aliphatic rings. The molecule has 3 heterocycles. The van der Waals surface area contributed by atoms with Crippen LogP contribution in [0, 0.1) is 17.8 Å².